The number of carbonyl (C=O) groups is 2. The zero-order valence-electron chi connectivity index (χ0n) is 12.2. The lowest BCUT2D eigenvalue weighted by Crippen LogP contribution is -2.48. The van der Waals surface area contributed by atoms with E-state index < -0.39 is 34.4 Å². The fourth-order valence-electron chi connectivity index (χ4n) is 2.79. The summed E-state index contributed by atoms with van der Waals surface area (Å²) in [6.07, 6.45) is 2.05. The Morgan fingerprint density at radius 2 is 2.21 bits per heavy atom. The largest absolute Gasteiger partial charge is 0.459 e. The first-order valence-electron chi connectivity index (χ1n) is 6.95. The highest BCUT2D eigenvalue weighted by Crippen LogP contribution is 2.30. The van der Waals surface area contributed by atoms with E-state index >= 15 is 0 Å². The average Bonchev–Trinajstić information content (AvgIpc) is 3.11. The average molecular weight is 358 g/mol. The van der Waals surface area contributed by atoms with Crippen LogP contribution in [-0.2, 0) is 14.7 Å². The van der Waals surface area contributed by atoms with Crippen molar-refractivity contribution in [2.75, 3.05) is 6.54 Å². The number of amidine groups is 1. The molecular weight excluding hydrogens is 344 g/mol. The normalized spacial score (nSPS) is 24.5. The maximum absolute atomic E-state index is 12.2. The highest BCUT2D eigenvalue weighted by molar-refractivity contribution is 7.80. The van der Waals surface area contributed by atoms with Gasteiger partial charge in [-0.3, -0.25) is 9.35 Å². The lowest BCUT2D eigenvalue weighted by Gasteiger charge is -2.29. The Morgan fingerprint density at radius 1 is 1.46 bits per heavy atom. The van der Waals surface area contributed by atoms with Crippen molar-refractivity contribution in [2.45, 2.75) is 24.9 Å². The summed E-state index contributed by atoms with van der Waals surface area (Å²) in [5, 5.41) is 0.594. The van der Waals surface area contributed by atoms with Crippen LogP contribution >= 0.6 is 0 Å². The van der Waals surface area contributed by atoms with Crippen LogP contribution in [0.5, 0.6) is 0 Å². The van der Waals surface area contributed by atoms with E-state index in [2.05, 4.69) is 9.28 Å². The second kappa shape index (κ2) is 5.89. The molecule has 2 unspecified atom stereocenters. The number of hydroxylamine groups is 2. The number of piperidine rings is 1. The Hall–Kier alpha value is -2.44. The molecule has 1 aromatic rings. The zero-order valence-corrected chi connectivity index (χ0v) is 13.0. The Morgan fingerprint density at radius 3 is 2.83 bits per heavy atom. The maximum atomic E-state index is 12.2. The van der Waals surface area contributed by atoms with Gasteiger partial charge in [0, 0.05) is 6.54 Å². The molecule has 3 heterocycles. The van der Waals surface area contributed by atoms with Crippen molar-refractivity contribution >= 4 is 28.2 Å². The third-order valence-electron chi connectivity index (χ3n) is 3.80. The summed E-state index contributed by atoms with van der Waals surface area (Å²) in [4.78, 5) is 29.1. The molecule has 3 rings (SSSR count). The lowest BCUT2D eigenvalue weighted by atomic mass is 10.0. The molecule has 3 amide bonds. The molecule has 2 fully saturated rings. The van der Waals surface area contributed by atoms with E-state index in [-0.39, 0.29) is 18.1 Å². The SMILES string of the molecule is NC(=NC(=O)c1ccco1)C1CCC2CN1C(=O)N2OS(=O)(=O)O. The van der Waals surface area contributed by atoms with Crippen molar-refractivity contribution < 1.29 is 31.3 Å². The molecule has 24 heavy (non-hydrogen) atoms. The van der Waals surface area contributed by atoms with Gasteiger partial charge in [-0.2, -0.15) is 18.5 Å². The summed E-state index contributed by atoms with van der Waals surface area (Å²) < 4.78 is 39.6. The number of nitrogens with zero attached hydrogens (tertiary/aromatic N) is 3. The molecule has 2 atom stereocenters. The summed E-state index contributed by atoms with van der Waals surface area (Å²) in [5.41, 5.74) is 5.84. The van der Waals surface area contributed by atoms with Gasteiger partial charge in [0.2, 0.25) is 0 Å². The third kappa shape index (κ3) is 3.11. The van der Waals surface area contributed by atoms with Crippen molar-refractivity contribution in [3.05, 3.63) is 24.2 Å². The van der Waals surface area contributed by atoms with Crippen LogP contribution in [0.1, 0.15) is 23.4 Å². The van der Waals surface area contributed by atoms with Gasteiger partial charge in [-0.25, -0.2) is 4.79 Å². The van der Waals surface area contributed by atoms with Gasteiger partial charge in [0.05, 0.1) is 18.3 Å². The quantitative estimate of drug-likeness (QED) is 0.425. The highest BCUT2D eigenvalue weighted by Gasteiger charge is 2.48. The number of hydrogen-bond acceptors (Lipinski definition) is 6. The minimum atomic E-state index is -4.82. The zero-order chi connectivity index (χ0) is 17.5. The van der Waals surface area contributed by atoms with E-state index in [0.29, 0.717) is 17.9 Å². The fraction of sp³-hybridized carbons (Fsp3) is 0.417. The van der Waals surface area contributed by atoms with Crippen LogP contribution < -0.4 is 5.73 Å². The van der Waals surface area contributed by atoms with Crippen LogP contribution in [0.4, 0.5) is 4.79 Å². The van der Waals surface area contributed by atoms with Gasteiger partial charge >= 0.3 is 22.3 Å². The van der Waals surface area contributed by atoms with Crippen LogP contribution in [0.3, 0.4) is 0 Å². The Kier molecular flexibility index (Phi) is 4.03. The molecule has 2 bridgehead atoms. The number of nitrogens with two attached hydrogens (primary N) is 1. The van der Waals surface area contributed by atoms with Crippen LogP contribution in [0.15, 0.2) is 27.8 Å². The molecule has 2 aliphatic rings. The topological polar surface area (TPSA) is 156 Å². The van der Waals surface area contributed by atoms with Crippen molar-refractivity contribution in [2.24, 2.45) is 10.7 Å². The second-order valence-corrected chi connectivity index (χ2v) is 6.33. The minimum absolute atomic E-state index is 0.00992. The smallest absolute Gasteiger partial charge is 0.418 e. The number of furan rings is 1. The Bertz CT molecular complexity index is 788. The summed E-state index contributed by atoms with van der Waals surface area (Å²) >= 11 is 0. The summed E-state index contributed by atoms with van der Waals surface area (Å²) in [5.74, 6) is -0.759. The van der Waals surface area contributed by atoms with Crippen LogP contribution in [0.2, 0.25) is 0 Å². The van der Waals surface area contributed by atoms with Crippen molar-refractivity contribution in [3.8, 4) is 0 Å². The summed E-state index contributed by atoms with van der Waals surface area (Å²) in [6, 6.07) is 0.966. The molecular formula is C12H14N4O7S. The molecule has 11 nitrogen and oxygen atoms in total. The molecule has 1 aromatic heterocycles. The van der Waals surface area contributed by atoms with E-state index in [0.717, 1.165) is 0 Å². The summed E-state index contributed by atoms with van der Waals surface area (Å²) in [7, 11) is -4.82. The van der Waals surface area contributed by atoms with Gasteiger partial charge < -0.3 is 15.1 Å². The predicted octanol–water partition coefficient (Wildman–Crippen LogP) is -0.220. The number of carbonyl (C=O) groups excluding carboxylic acids is 2. The van der Waals surface area contributed by atoms with Crippen LogP contribution in [0.25, 0.3) is 0 Å². The van der Waals surface area contributed by atoms with Crippen LogP contribution in [-0.4, -0.2) is 59.3 Å². The molecule has 3 N–H and O–H groups in total. The van der Waals surface area contributed by atoms with E-state index in [1.807, 2.05) is 0 Å². The molecule has 2 saturated heterocycles. The van der Waals surface area contributed by atoms with Gasteiger partial charge in [-0.1, -0.05) is 0 Å². The van der Waals surface area contributed by atoms with Crippen molar-refractivity contribution in [3.63, 3.8) is 0 Å². The van der Waals surface area contributed by atoms with E-state index in [1.54, 1.807) is 0 Å². The number of aliphatic imine (C=N–C) groups is 1. The monoisotopic (exact) mass is 358 g/mol. The Balaban J connectivity index is 1.77. The molecule has 0 saturated carbocycles. The highest BCUT2D eigenvalue weighted by atomic mass is 32.3. The first-order chi connectivity index (χ1) is 11.3. The fourth-order valence-corrected chi connectivity index (χ4v) is 3.17. The first kappa shape index (κ1) is 16.4. The van der Waals surface area contributed by atoms with Crippen molar-refractivity contribution in [1.29, 1.82) is 0 Å². The van der Waals surface area contributed by atoms with Crippen molar-refractivity contribution in [1.82, 2.24) is 9.96 Å². The van der Waals surface area contributed by atoms with Gasteiger partial charge in [0.25, 0.3) is 0 Å². The molecule has 130 valence electrons. The maximum Gasteiger partial charge on any atom is 0.418 e. The Labute approximate surface area is 136 Å². The second-order valence-electron chi connectivity index (χ2n) is 5.33. The van der Waals surface area contributed by atoms with E-state index in [9.17, 15) is 18.0 Å². The van der Waals surface area contributed by atoms with Gasteiger partial charge in [0.15, 0.2) is 5.76 Å². The molecule has 0 radical (unpaired) electrons. The predicted molar refractivity (Wildman–Crippen MR) is 78.0 cm³/mol. The minimum Gasteiger partial charge on any atom is -0.459 e. The molecule has 12 heteroatoms. The standard InChI is InChI=1S/C12H14N4O7S/c13-10(14-11(17)9-2-1-5-22-9)8-4-3-7-6-15(8)12(18)16(7)23-24(19,20)21/h1-2,5,7-8H,3-4,6H2,(H2,13,14,17)(H,19,20,21). The number of urea groups is 1. The van der Waals surface area contributed by atoms with Gasteiger partial charge in [0.1, 0.15) is 5.84 Å². The molecule has 2 aliphatic heterocycles. The number of amides is 3. The number of rotatable bonds is 4. The van der Waals surface area contributed by atoms with Gasteiger partial charge in [-0.05, 0) is 25.0 Å². The van der Waals surface area contributed by atoms with E-state index in [4.69, 9.17) is 14.7 Å². The van der Waals surface area contributed by atoms with Gasteiger partial charge in [-0.15, -0.1) is 4.28 Å². The molecule has 0 spiro atoms. The number of fused-ring (bicyclic) bond motifs is 2. The molecule has 0 aromatic carbocycles. The first-order valence-corrected chi connectivity index (χ1v) is 8.31. The van der Waals surface area contributed by atoms with E-state index in [1.165, 1.54) is 23.3 Å². The third-order valence-corrected chi connectivity index (χ3v) is 4.15. The molecule has 0 aliphatic carbocycles. The van der Waals surface area contributed by atoms with Crippen LogP contribution in [0, 0.1) is 0 Å². The number of hydrogen-bond donors (Lipinski definition) is 2. The summed E-state index contributed by atoms with van der Waals surface area (Å²) in [6.45, 7) is 0.143. The lowest BCUT2D eigenvalue weighted by molar-refractivity contribution is -0.0316.